The number of esters is 1. The number of methoxy groups -OCH3 is 1. The minimum atomic E-state index is -0.667. The highest BCUT2D eigenvalue weighted by Gasteiger charge is 2.43. The van der Waals surface area contributed by atoms with Crippen molar-refractivity contribution in [3.05, 3.63) is 23.8 Å². The van der Waals surface area contributed by atoms with Crippen molar-refractivity contribution in [2.24, 2.45) is 17.8 Å². The zero-order valence-electron chi connectivity index (χ0n) is 20.1. The largest absolute Gasteiger partial charge is 0.469 e. The third-order valence-electron chi connectivity index (χ3n) is 6.97. The van der Waals surface area contributed by atoms with Crippen molar-refractivity contribution in [2.45, 2.75) is 96.2 Å². The quantitative estimate of drug-likeness (QED) is 0.211. The molecule has 2 aliphatic rings. The SMILES string of the molecule is CCCC[C@](C)(O)C/C=C/[C@@H]1[C@H]2CC(CCCCC(=O)NCCC(=O)OC)=C[C@H]2C[C@H]1O. The average molecular weight is 450 g/mol. The summed E-state index contributed by atoms with van der Waals surface area (Å²) < 4.78 is 4.56. The summed E-state index contributed by atoms with van der Waals surface area (Å²) in [5, 5.41) is 23.8. The third-order valence-corrected chi connectivity index (χ3v) is 6.97. The van der Waals surface area contributed by atoms with E-state index in [4.69, 9.17) is 0 Å². The second-order valence-electron chi connectivity index (χ2n) is 9.85. The highest BCUT2D eigenvalue weighted by Crippen LogP contribution is 2.48. The minimum Gasteiger partial charge on any atom is -0.469 e. The van der Waals surface area contributed by atoms with E-state index in [0.717, 1.165) is 51.4 Å². The van der Waals surface area contributed by atoms with E-state index >= 15 is 0 Å². The van der Waals surface area contributed by atoms with Crippen LogP contribution in [0.4, 0.5) is 0 Å². The van der Waals surface area contributed by atoms with Crippen LogP contribution in [-0.2, 0) is 14.3 Å². The lowest BCUT2D eigenvalue weighted by Crippen LogP contribution is -2.25. The monoisotopic (exact) mass is 449 g/mol. The Hall–Kier alpha value is -1.66. The zero-order chi connectivity index (χ0) is 23.6. The van der Waals surface area contributed by atoms with Crippen LogP contribution < -0.4 is 5.32 Å². The van der Waals surface area contributed by atoms with Crippen molar-refractivity contribution in [3.8, 4) is 0 Å². The molecule has 0 unspecified atom stereocenters. The van der Waals surface area contributed by atoms with Crippen molar-refractivity contribution >= 4 is 11.9 Å². The van der Waals surface area contributed by atoms with Gasteiger partial charge in [0.15, 0.2) is 0 Å². The number of ether oxygens (including phenoxy) is 1. The molecule has 0 aromatic carbocycles. The molecule has 1 saturated carbocycles. The van der Waals surface area contributed by atoms with Gasteiger partial charge in [-0.25, -0.2) is 0 Å². The van der Waals surface area contributed by atoms with E-state index < -0.39 is 5.60 Å². The molecule has 2 rings (SSSR count). The maximum absolute atomic E-state index is 11.8. The lowest BCUT2D eigenvalue weighted by molar-refractivity contribution is -0.140. The van der Waals surface area contributed by atoms with E-state index in [0.29, 0.717) is 31.2 Å². The number of hydrogen-bond donors (Lipinski definition) is 3. The topological polar surface area (TPSA) is 95.9 Å². The minimum absolute atomic E-state index is 0.0192. The van der Waals surface area contributed by atoms with Gasteiger partial charge in [-0.2, -0.15) is 0 Å². The first-order valence-corrected chi connectivity index (χ1v) is 12.4. The number of nitrogens with one attached hydrogen (secondary N) is 1. The van der Waals surface area contributed by atoms with Crippen LogP contribution in [0.2, 0.25) is 0 Å². The van der Waals surface area contributed by atoms with Gasteiger partial charge >= 0.3 is 5.97 Å². The molecule has 0 heterocycles. The summed E-state index contributed by atoms with van der Waals surface area (Å²) in [4.78, 5) is 22.9. The molecule has 182 valence electrons. The Balaban J connectivity index is 1.69. The smallest absolute Gasteiger partial charge is 0.307 e. The first-order chi connectivity index (χ1) is 15.3. The standard InChI is InChI=1S/C26H43NO5/c1-4-5-13-26(2,31)14-8-10-21-22-17-19(16-20(22)18-23(21)28)9-6-7-11-24(29)27-15-12-25(30)32-3/h8,10,16,20-23,28,31H,4-7,9,11-15,17-18H2,1-3H3,(H,27,29)/b10-8+/t20-,21+,22-,23+,26-/m0/s1. The van der Waals surface area contributed by atoms with Crippen LogP contribution in [0.15, 0.2) is 23.8 Å². The Morgan fingerprint density at radius 2 is 2.06 bits per heavy atom. The molecule has 0 aromatic rings. The summed E-state index contributed by atoms with van der Waals surface area (Å²) >= 11 is 0. The summed E-state index contributed by atoms with van der Waals surface area (Å²) in [6.45, 7) is 4.36. The number of amides is 1. The fourth-order valence-electron chi connectivity index (χ4n) is 5.06. The lowest BCUT2D eigenvalue weighted by Gasteiger charge is -2.22. The molecular weight excluding hydrogens is 406 g/mol. The number of rotatable bonds is 14. The second-order valence-corrected chi connectivity index (χ2v) is 9.85. The summed E-state index contributed by atoms with van der Waals surface area (Å²) in [6.07, 6.45) is 15.1. The number of aliphatic hydroxyl groups is 2. The van der Waals surface area contributed by atoms with Crippen LogP contribution in [0.25, 0.3) is 0 Å². The van der Waals surface area contributed by atoms with Crippen molar-refractivity contribution in [2.75, 3.05) is 13.7 Å². The summed E-state index contributed by atoms with van der Waals surface area (Å²) in [5.41, 5.74) is 0.784. The molecular formula is C26H43NO5. The lowest BCUT2D eigenvalue weighted by atomic mass is 9.87. The molecule has 6 nitrogen and oxygen atoms in total. The number of carbonyl (C=O) groups is 2. The van der Waals surface area contributed by atoms with Gasteiger partial charge < -0.3 is 20.3 Å². The molecule has 1 fully saturated rings. The molecule has 0 spiro atoms. The maximum atomic E-state index is 11.8. The van der Waals surface area contributed by atoms with E-state index in [1.54, 1.807) is 0 Å². The fraction of sp³-hybridized carbons (Fsp3) is 0.769. The first kappa shape index (κ1) is 26.6. The van der Waals surface area contributed by atoms with E-state index in [1.165, 1.54) is 12.7 Å². The van der Waals surface area contributed by atoms with Crippen LogP contribution in [0.3, 0.4) is 0 Å². The van der Waals surface area contributed by atoms with Gasteiger partial charge in [0.05, 0.1) is 25.2 Å². The van der Waals surface area contributed by atoms with Crippen LogP contribution in [0.1, 0.15) is 84.5 Å². The Morgan fingerprint density at radius 1 is 1.28 bits per heavy atom. The highest BCUT2D eigenvalue weighted by atomic mass is 16.5. The van der Waals surface area contributed by atoms with Crippen LogP contribution >= 0.6 is 0 Å². The highest BCUT2D eigenvalue weighted by molar-refractivity contribution is 5.76. The summed E-state index contributed by atoms with van der Waals surface area (Å²) in [6, 6.07) is 0. The molecule has 32 heavy (non-hydrogen) atoms. The van der Waals surface area contributed by atoms with Crippen LogP contribution in [0, 0.1) is 17.8 Å². The number of allylic oxidation sites excluding steroid dienone is 2. The molecule has 2 aliphatic carbocycles. The third kappa shape index (κ3) is 8.70. The van der Waals surface area contributed by atoms with Gasteiger partial charge in [0.1, 0.15) is 0 Å². The van der Waals surface area contributed by atoms with Crippen molar-refractivity contribution < 1.29 is 24.5 Å². The Morgan fingerprint density at radius 3 is 2.78 bits per heavy atom. The molecule has 3 N–H and O–H groups in total. The van der Waals surface area contributed by atoms with E-state index in [-0.39, 0.29) is 30.3 Å². The van der Waals surface area contributed by atoms with Gasteiger partial charge in [-0.1, -0.05) is 43.6 Å². The average Bonchev–Trinajstić information content (AvgIpc) is 3.26. The van der Waals surface area contributed by atoms with Crippen molar-refractivity contribution in [1.82, 2.24) is 5.32 Å². The van der Waals surface area contributed by atoms with Crippen LogP contribution in [-0.4, -0.2) is 47.4 Å². The molecule has 0 aromatic heterocycles. The number of aliphatic hydroxyl groups excluding tert-OH is 1. The maximum Gasteiger partial charge on any atom is 0.307 e. The van der Waals surface area contributed by atoms with E-state index in [2.05, 4.69) is 35.2 Å². The van der Waals surface area contributed by atoms with E-state index in [9.17, 15) is 19.8 Å². The second kappa shape index (κ2) is 13.1. The molecule has 0 radical (unpaired) electrons. The Labute approximate surface area is 193 Å². The fourth-order valence-corrected chi connectivity index (χ4v) is 5.06. The van der Waals surface area contributed by atoms with Crippen molar-refractivity contribution in [1.29, 1.82) is 0 Å². The molecule has 0 saturated heterocycles. The first-order valence-electron chi connectivity index (χ1n) is 12.4. The van der Waals surface area contributed by atoms with Crippen molar-refractivity contribution in [3.63, 3.8) is 0 Å². The zero-order valence-corrected chi connectivity index (χ0v) is 20.1. The van der Waals surface area contributed by atoms with Gasteiger partial charge in [-0.3, -0.25) is 9.59 Å². The predicted molar refractivity (Wildman–Crippen MR) is 126 cm³/mol. The number of carbonyl (C=O) groups excluding carboxylic acids is 2. The van der Waals surface area contributed by atoms with Gasteiger partial charge in [-0.15, -0.1) is 0 Å². The molecule has 6 heteroatoms. The summed E-state index contributed by atoms with van der Waals surface area (Å²) in [5.74, 6) is 0.727. The number of unbranched alkanes of at least 4 members (excludes halogenated alkanes) is 2. The molecule has 1 amide bonds. The Kier molecular flexibility index (Phi) is 10.9. The number of hydrogen-bond acceptors (Lipinski definition) is 5. The van der Waals surface area contributed by atoms with Gasteiger partial charge in [0, 0.05) is 18.9 Å². The van der Waals surface area contributed by atoms with E-state index in [1.807, 2.05) is 6.92 Å². The Bertz CT molecular complexity index is 669. The molecule has 5 atom stereocenters. The van der Waals surface area contributed by atoms with Gasteiger partial charge in [0.2, 0.25) is 5.91 Å². The molecule has 0 bridgehead atoms. The molecule has 0 aliphatic heterocycles. The predicted octanol–water partition coefficient (Wildman–Crippen LogP) is 4.06. The number of fused-ring (bicyclic) bond motifs is 1. The summed E-state index contributed by atoms with van der Waals surface area (Å²) in [7, 11) is 1.34. The van der Waals surface area contributed by atoms with Gasteiger partial charge in [-0.05, 0) is 63.7 Å². The van der Waals surface area contributed by atoms with Crippen LogP contribution in [0.5, 0.6) is 0 Å². The normalized spacial score (nSPS) is 26.6. The van der Waals surface area contributed by atoms with Gasteiger partial charge in [0.25, 0.3) is 0 Å².